The number of anilines is 1. The van der Waals surface area contributed by atoms with Crippen LogP contribution in [0.15, 0.2) is 52.9 Å². The molecule has 3 aromatic rings. The second-order valence-electron chi connectivity index (χ2n) is 9.62. The van der Waals surface area contributed by atoms with Gasteiger partial charge in [0.25, 0.3) is 5.91 Å². The molecular formula is C28H27Cl2N3O6. The van der Waals surface area contributed by atoms with E-state index in [0.29, 0.717) is 28.8 Å². The maximum atomic E-state index is 13.6. The van der Waals surface area contributed by atoms with Crippen LogP contribution < -0.4 is 9.64 Å². The highest BCUT2D eigenvalue weighted by atomic mass is 35.5. The summed E-state index contributed by atoms with van der Waals surface area (Å²) >= 11 is 12.3. The fourth-order valence-electron chi connectivity index (χ4n) is 4.93. The summed E-state index contributed by atoms with van der Waals surface area (Å²) in [5.74, 6) is -1.00. The van der Waals surface area contributed by atoms with Gasteiger partial charge in [0.1, 0.15) is 18.1 Å². The zero-order valence-corrected chi connectivity index (χ0v) is 22.7. The largest absolute Gasteiger partial charge is 0.482 e. The molecule has 39 heavy (non-hydrogen) atoms. The molecule has 1 atom stereocenters. The SMILES string of the molecule is CN(C(=O)CN1C(=O)COc2cc(Cl)c(Cl)cc21)C(CN1CCCC1)c1ccc(-c2ccc(C(=O)O)o2)cc1. The Bertz CT molecular complexity index is 1400. The van der Waals surface area contributed by atoms with Gasteiger partial charge in [-0.3, -0.25) is 14.5 Å². The van der Waals surface area contributed by atoms with Crippen LogP contribution in [0.1, 0.15) is 35.0 Å². The summed E-state index contributed by atoms with van der Waals surface area (Å²) in [5.41, 5.74) is 2.04. The molecule has 11 heteroatoms. The van der Waals surface area contributed by atoms with Gasteiger partial charge in [0.05, 0.1) is 21.8 Å². The Kier molecular flexibility index (Phi) is 7.83. The van der Waals surface area contributed by atoms with E-state index in [-0.39, 0.29) is 41.8 Å². The molecule has 1 N–H and O–H groups in total. The number of likely N-dealkylation sites (N-methyl/N-ethyl adjacent to an activating group) is 1. The molecule has 1 saturated heterocycles. The second kappa shape index (κ2) is 11.3. The Hall–Kier alpha value is -3.53. The van der Waals surface area contributed by atoms with E-state index in [1.807, 2.05) is 24.3 Å². The fraction of sp³-hybridized carbons (Fsp3) is 0.321. The fourth-order valence-corrected chi connectivity index (χ4v) is 5.24. The Morgan fingerprint density at radius 1 is 1.05 bits per heavy atom. The quantitative estimate of drug-likeness (QED) is 0.407. The standard InChI is InChI=1S/C28H27Cl2N3O6/c1-31(26(34)15-33-21-12-19(29)20(30)13-25(21)38-16-27(33)35)22(14-32-10-2-3-11-32)17-4-6-18(7-5-17)23-8-9-24(39-23)28(36)37/h4-9,12-13,22H,2-3,10-11,14-16H2,1H3,(H,36,37). The highest BCUT2D eigenvalue weighted by molar-refractivity contribution is 6.42. The van der Waals surface area contributed by atoms with Crippen LogP contribution in [0.4, 0.5) is 5.69 Å². The summed E-state index contributed by atoms with van der Waals surface area (Å²) < 4.78 is 10.9. The van der Waals surface area contributed by atoms with Crippen molar-refractivity contribution in [1.29, 1.82) is 0 Å². The number of aromatic carboxylic acids is 1. The minimum Gasteiger partial charge on any atom is -0.482 e. The lowest BCUT2D eigenvalue weighted by atomic mass is 10.0. The summed E-state index contributed by atoms with van der Waals surface area (Å²) in [4.78, 5) is 42.9. The molecule has 1 aromatic heterocycles. The van der Waals surface area contributed by atoms with Crippen molar-refractivity contribution in [3.63, 3.8) is 0 Å². The number of amides is 2. The molecular weight excluding hydrogens is 545 g/mol. The second-order valence-corrected chi connectivity index (χ2v) is 10.4. The number of nitrogens with zero attached hydrogens (tertiary/aromatic N) is 3. The van der Waals surface area contributed by atoms with Gasteiger partial charge in [0, 0.05) is 25.2 Å². The molecule has 1 unspecified atom stereocenters. The first-order valence-electron chi connectivity index (χ1n) is 12.5. The van der Waals surface area contributed by atoms with Crippen molar-refractivity contribution < 1.29 is 28.6 Å². The minimum atomic E-state index is -1.13. The van der Waals surface area contributed by atoms with Gasteiger partial charge in [0.15, 0.2) is 6.61 Å². The number of furan rings is 1. The summed E-state index contributed by atoms with van der Waals surface area (Å²) in [6.07, 6.45) is 2.21. The van der Waals surface area contributed by atoms with E-state index in [2.05, 4.69) is 4.90 Å². The Morgan fingerprint density at radius 2 is 1.74 bits per heavy atom. The van der Waals surface area contributed by atoms with Crippen LogP contribution in [-0.4, -0.2) is 72.5 Å². The molecule has 1 fully saturated rings. The van der Waals surface area contributed by atoms with Crippen LogP contribution in [0.5, 0.6) is 5.75 Å². The molecule has 5 rings (SSSR count). The first kappa shape index (κ1) is 27.1. The summed E-state index contributed by atoms with van der Waals surface area (Å²) in [5, 5.41) is 9.71. The van der Waals surface area contributed by atoms with Crippen LogP contribution in [-0.2, 0) is 9.59 Å². The molecule has 0 saturated carbocycles. The van der Waals surface area contributed by atoms with E-state index in [1.54, 1.807) is 24.1 Å². The number of halogens is 2. The van der Waals surface area contributed by atoms with Crippen molar-refractivity contribution in [2.45, 2.75) is 18.9 Å². The average Bonchev–Trinajstić information content (AvgIpc) is 3.63. The number of rotatable bonds is 8. The van der Waals surface area contributed by atoms with Crippen LogP contribution in [0, 0.1) is 0 Å². The lowest BCUT2D eigenvalue weighted by molar-refractivity contribution is -0.133. The van der Waals surface area contributed by atoms with Gasteiger partial charge < -0.3 is 24.1 Å². The van der Waals surface area contributed by atoms with Crippen LogP contribution >= 0.6 is 23.2 Å². The third-order valence-electron chi connectivity index (χ3n) is 7.13. The zero-order valence-electron chi connectivity index (χ0n) is 21.2. The first-order valence-corrected chi connectivity index (χ1v) is 13.3. The third kappa shape index (κ3) is 5.75. The maximum absolute atomic E-state index is 13.6. The topological polar surface area (TPSA) is 104 Å². The van der Waals surface area contributed by atoms with Crippen molar-refractivity contribution in [1.82, 2.24) is 9.80 Å². The first-order chi connectivity index (χ1) is 18.7. The third-order valence-corrected chi connectivity index (χ3v) is 7.85. The lowest BCUT2D eigenvalue weighted by Gasteiger charge is -2.35. The monoisotopic (exact) mass is 571 g/mol. The predicted molar refractivity (Wildman–Crippen MR) is 147 cm³/mol. The number of ether oxygens (including phenoxy) is 1. The lowest BCUT2D eigenvalue weighted by Crippen LogP contribution is -2.47. The predicted octanol–water partition coefficient (Wildman–Crippen LogP) is 4.97. The van der Waals surface area contributed by atoms with Gasteiger partial charge in [-0.2, -0.15) is 0 Å². The molecule has 0 bridgehead atoms. The average molecular weight is 572 g/mol. The number of carbonyl (C=O) groups excluding carboxylic acids is 2. The van der Waals surface area contributed by atoms with Crippen molar-refractivity contribution in [3.8, 4) is 17.1 Å². The smallest absolute Gasteiger partial charge is 0.371 e. The summed E-state index contributed by atoms with van der Waals surface area (Å²) in [6.45, 7) is 2.17. The van der Waals surface area contributed by atoms with E-state index in [0.717, 1.165) is 37.1 Å². The zero-order chi connectivity index (χ0) is 27.7. The minimum absolute atomic E-state index is 0.130. The molecule has 0 aliphatic carbocycles. The Balaban J connectivity index is 1.38. The number of benzene rings is 2. The molecule has 9 nitrogen and oxygen atoms in total. The number of carbonyl (C=O) groups is 3. The summed E-state index contributed by atoms with van der Waals surface area (Å²) in [6, 6.07) is 13.4. The van der Waals surface area contributed by atoms with Crippen LogP contribution in [0.2, 0.25) is 10.0 Å². The van der Waals surface area contributed by atoms with E-state index in [1.165, 1.54) is 17.0 Å². The number of hydrogen-bond acceptors (Lipinski definition) is 6. The summed E-state index contributed by atoms with van der Waals surface area (Å²) in [7, 11) is 1.74. The number of fused-ring (bicyclic) bond motifs is 1. The van der Waals surface area contributed by atoms with Gasteiger partial charge in [-0.25, -0.2) is 4.79 Å². The van der Waals surface area contributed by atoms with E-state index in [4.69, 9.17) is 37.5 Å². The van der Waals surface area contributed by atoms with Crippen molar-refractivity contribution in [2.75, 3.05) is 44.7 Å². The van der Waals surface area contributed by atoms with E-state index < -0.39 is 5.97 Å². The van der Waals surface area contributed by atoms with Gasteiger partial charge in [0.2, 0.25) is 11.7 Å². The maximum Gasteiger partial charge on any atom is 0.371 e. The van der Waals surface area contributed by atoms with E-state index >= 15 is 0 Å². The Morgan fingerprint density at radius 3 is 2.41 bits per heavy atom. The van der Waals surface area contributed by atoms with Gasteiger partial charge in [-0.15, -0.1) is 0 Å². The molecule has 3 heterocycles. The molecule has 204 valence electrons. The van der Waals surface area contributed by atoms with E-state index in [9.17, 15) is 14.4 Å². The number of carboxylic acids is 1. The van der Waals surface area contributed by atoms with Crippen LogP contribution in [0.25, 0.3) is 11.3 Å². The molecule has 0 radical (unpaired) electrons. The van der Waals surface area contributed by atoms with Crippen molar-refractivity contribution in [2.24, 2.45) is 0 Å². The molecule has 2 aliphatic rings. The molecule has 2 amide bonds. The molecule has 0 spiro atoms. The molecule has 2 aromatic carbocycles. The van der Waals surface area contributed by atoms with Crippen LogP contribution in [0.3, 0.4) is 0 Å². The number of carboxylic acid groups (broad SMARTS) is 1. The van der Waals surface area contributed by atoms with Gasteiger partial charge in [-0.05, 0) is 49.7 Å². The normalized spacial score (nSPS) is 16.1. The van der Waals surface area contributed by atoms with Crippen molar-refractivity contribution in [3.05, 3.63) is 69.9 Å². The molecule has 2 aliphatic heterocycles. The highest BCUT2D eigenvalue weighted by Crippen LogP contribution is 2.39. The van der Waals surface area contributed by atoms with Gasteiger partial charge >= 0.3 is 5.97 Å². The number of likely N-dealkylation sites (tertiary alicyclic amines) is 1. The Labute approximate surface area is 235 Å². The van der Waals surface area contributed by atoms with Gasteiger partial charge in [-0.1, -0.05) is 47.5 Å². The number of hydrogen-bond donors (Lipinski definition) is 1. The van der Waals surface area contributed by atoms with Crippen molar-refractivity contribution >= 4 is 46.7 Å². The highest BCUT2D eigenvalue weighted by Gasteiger charge is 2.32.